The van der Waals surface area contributed by atoms with Crippen molar-refractivity contribution in [2.24, 2.45) is 0 Å². The van der Waals surface area contributed by atoms with Gasteiger partial charge in [0.15, 0.2) is 0 Å². The van der Waals surface area contributed by atoms with E-state index in [2.05, 4.69) is 25.2 Å². The van der Waals surface area contributed by atoms with Gasteiger partial charge in [-0.2, -0.15) is 0 Å². The minimum atomic E-state index is 0.0998. The highest BCUT2D eigenvalue weighted by Crippen LogP contribution is 2.20. The van der Waals surface area contributed by atoms with Crippen LogP contribution in [0.1, 0.15) is 32.3 Å². The molecule has 0 aliphatic heterocycles. The molecule has 1 aromatic rings. The van der Waals surface area contributed by atoms with Crippen LogP contribution >= 0.6 is 11.6 Å². The lowest BCUT2D eigenvalue weighted by Gasteiger charge is -2.29. The van der Waals surface area contributed by atoms with E-state index in [1.807, 2.05) is 18.2 Å². The van der Waals surface area contributed by atoms with Gasteiger partial charge in [-0.1, -0.05) is 25.1 Å². The largest absolute Gasteiger partial charge is 0.496 e. The molecule has 1 N–H and O–H groups in total. The second kappa shape index (κ2) is 6.87. The highest BCUT2D eigenvalue weighted by Gasteiger charge is 2.20. The number of rotatable bonds is 7. The number of para-hydroxylation sites is 1. The third-order valence-electron chi connectivity index (χ3n) is 3.32. The van der Waals surface area contributed by atoms with Crippen molar-refractivity contribution in [3.05, 3.63) is 29.8 Å². The number of hydrogen-bond donors (Lipinski definition) is 1. The Labute approximate surface area is 109 Å². The molecule has 1 atom stereocenters. The molecule has 3 heteroatoms. The summed E-state index contributed by atoms with van der Waals surface area (Å²) in [4.78, 5) is 0. The van der Waals surface area contributed by atoms with Crippen molar-refractivity contribution >= 4 is 11.6 Å². The van der Waals surface area contributed by atoms with Gasteiger partial charge in [0.2, 0.25) is 0 Å². The van der Waals surface area contributed by atoms with Gasteiger partial charge in [-0.25, -0.2) is 0 Å². The molecule has 0 bridgehead atoms. The summed E-state index contributed by atoms with van der Waals surface area (Å²) in [5, 5.41) is 3.57. The van der Waals surface area contributed by atoms with Crippen LogP contribution in [-0.2, 0) is 6.54 Å². The molecule has 17 heavy (non-hydrogen) atoms. The van der Waals surface area contributed by atoms with E-state index >= 15 is 0 Å². The Balaban J connectivity index is 2.65. The van der Waals surface area contributed by atoms with Crippen LogP contribution in [0.3, 0.4) is 0 Å². The lowest BCUT2D eigenvalue weighted by molar-refractivity contribution is 0.326. The minimum Gasteiger partial charge on any atom is -0.496 e. The fourth-order valence-electron chi connectivity index (χ4n) is 1.76. The summed E-state index contributed by atoms with van der Waals surface area (Å²) in [7, 11) is 1.70. The fraction of sp³-hybridized carbons (Fsp3) is 0.571. The highest BCUT2D eigenvalue weighted by atomic mass is 35.5. The van der Waals surface area contributed by atoms with E-state index in [-0.39, 0.29) is 5.54 Å². The Morgan fingerprint density at radius 3 is 2.65 bits per heavy atom. The lowest BCUT2D eigenvalue weighted by Crippen LogP contribution is -2.41. The molecule has 0 heterocycles. The van der Waals surface area contributed by atoms with Crippen molar-refractivity contribution in [3.8, 4) is 5.75 Å². The number of nitrogens with one attached hydrogen (secondary N) is 1. The molecule has 1 aromatic carbocycles. The molecule has 0 saturated carbocycles. The number of benzene rings is 1. The molecule has 0 spiro atoms. The number of alkyl halides is 1. The van der Waals surface area contributed by atoms with Crippen molar-refractivity contribution < 1.29 is 4.74 Å². The predicted molar refractivity (Wildman–Crippen MR) is 73.9 cm³/mol. The zero-order chi connectivity index (χ0) is 12.7. The second-order valence-corrected chi connectivity index (χ2v) is 4.90. The molecular weight excluding hydrogens is 234 g/mol. The molecule has 96 valence electrons. The standard InChI is InChI=1S/C14H22ClNO/c1-4-14(2,9-10-15)16-11-12-7-5-6-8-13(12)17-3/h5-8,16H,4,9-11H2,1-3H3. The zero-order valence-electron chi connectivity index (χ0n) is 10.9. The van der Waals surface area contributed by atoms with Crippen LogP contribution in [0.5, 0.6) is 5.75 Å². The first-order valence-corrected chi connectivity index (χ1v) is 6.61. The predicted octanol–water partition coefficient (Wildman–Crippen LogP) is 3.58. The van der Waals surface area contributed by atoms with Crippen LogP contribution in [0, 0.1) is 0 Å². The zero-order valence-corrected chi connectivity index (χ0v) is 11.7. The smallest absolute Gasteiger partial charge is 0.123 e. The third kappa shape index (κ3) is 4.21. The van der Waals surface area contributed by atoms with Crippen molar-refractivity contribution in [3.63, 3.8) is 0 Å². The van der Waals surface area contributed by atoms with Crippen LogP contribution in [0.25, 0.3) is 0 Å². The summed E-state index contributed by atoms with van der Waals surface area (Å²) in [6, 6.07) is 8.09. The number of hydrogen-bond acceptors (Lipinski definition) is 2. The summed E-state index contributed by atoms with van der Waals surface area (Å²) in [6.07, 6.45) is 2.04. The average Bonchev–Trinajstić information content (AvgIpc) is 2.37. The molecule has 0 saturated heterocycles. The van der Waals surface area contributed by atoms with Gasteiger partial charge in [0, 0.05) is 23.5 Å². The summed E-state index contributed by atoms with van der Waals surface area (Å²) in [6.45, 7) is 5.21. The molecule has 0 aliphatic rings. The summed E-state index contributed by atoms with van der Waals surface area (Å²) in [5.41, 5.74) is 1.28. The first-order valence-electron chi connectivity index (χ1n) is 6.08. The molecule has 1 unspecified atom stereocenters. The molecule has 2 nitrogen and oxygen atoms in total. The molecular formula is C14H22ClNO. The monoisotopic (exact) mass is 255 g/mol. The Morgan fingerprint density at radius 2 is 2.06 bits per heavy atom. The first-order chi connectivity index (χ1) is 8.15. The maximum atomic E-state index is 5.84. The van der Waals surface area contributed by atoms with Crippen molar-refractivity contribution in [2.75, 3.05) is 13.0 Å². The molecule has 0 aliphatic carbocycles. The molecule has 0 aromatic heterocycles. The van der Waals surface area contributed by atoms with Gasteiger partial charge in [0.1, 0.15) is 5.75 Å². The highest BCUT2D eigenvalue weighted by molar-refractivity contribution is 6.17. The Hall–Kier alpha value is -0.730. The molecule has 0 fully saturated rings. The van der Waals surface area contributed by atoms with Gasteiger partial charge < -0.3 is 10.1 Å². The van der Waals surface area contributed by atoms with Gasteiger partial charge in [0.25, 0.3) is 0 Å². The van der Waals surface area contributed by atoms with Crippen molar-refractivity contribution in [1.82, 2.24) is 5.32 Å². The van der Waals surface area contributed by atoms with E-state index in [1.54, 1.807) is 7.11 Å². The molecule has 0 radical (unpaired) electrons. The quantitative estimate of drug-likeness (QED) is 0.752. The Kier molecular flexibility index (Phi) is 5.79. The van der Waals surface area contributed by atoms with Crippen molar-refractivity contribution in [2.45, 2.75) is 38.8 Å². The maximum absolute atomic E-state index is 5.84. The van der Waals surface area contributed by atoms with Gasteiger partial charge in [-0.05, 0) is 25.8 Å². The van der Waals surface area contributed by atoms with E-state index in [0.717, 1.165) is 25.1 Å². The SMILES string of the molecule is CCC(C)(CCCl)NCc1ccccc1OC. The average molecular weight is 256 g/mol. The molecule has 1 rings (SSSR count). The first kappa shape index (κ1) is 14.3. The van der Waals surface area contributed by atoms with Crippen LogP contribution in [0.15, 0.2) is 24.3 Å². The van der Waals surface area contributed by atoms with E-state index in [9.17, 15) is 0 Å². The van der Waals surface area contributed by atoms with Crippen LogP contribution in [0.2, 0.25) is 0 Å². The van der Waals surface area contributed by atoms with Crippen molar-refractivity contribution in [1.29, 1.82) is 0 Å². The van der Waals surface area contributed by atoms with Gasteiger partial charge >= 0.3 is 0 Å². The molecule has 0 amide bonds. The van der Waals surface area contributed by atoms with Gasteiger partial charge in [0.05, 0.1) is 7.11 Å². The van der Waals surface area contributed by atoms with E-state index in [0.29, 0.717) is 5.88 Å². The third-order valence-corrected chi connectivity index (χ3v) is 3.51. The van der Waals surface area contributed by atoms with Crippen LogP contribution < -0.4 is 10.1 Å². The topological polar surface area (TPSA) is 21.3 Å². The van der Waals surface area contributed by atoms with Gasteiger partial charge in [-0.15, -0.1) is 11.6 Å². The van der Waals surface area contributed by atoms with E-state index in [4.69, 9.17) is 16.3 Å². The maximum Gasteiger partial charge on any atom is 0.123 e. The summed E-state index contributed by atoms with van der Waals surface area (Å²) >= 11 is 5.84. The Morgan fingerprint density at radius 1 is 1.35 bits per heavy atom. The number of ether oxygens (including phenoxy) is 1. The second-order valence-electron chi connectivity index (χ2n) is 4.52. The van der Waals surface area contributed by atoms with E-state index in [1.165, 1.54) is 5.56 Å². The summed E-state index contributed by atoms with van der Waals surface area (Å²) < 4.78 is 5.34. The fourth-order valence-corrected chi connectivity index (χ4v) is 2.17. The van der Waals surface area contributed by atoms with E-state index < -0.39 is 0 Å². The minimum absolute atomic E-state index is 0.0998. The lowest BCUT2D eigenvalue weighted by atomic mass is 9.95. The van der Waals surface area contributed by atoms with Gasteiger partial charge in [-0.3, -0.25) is 0 Å². The normalized spacial score (nSPS) is 14.4. The van der Waals surface area contributed by atoms with Crippen LogP contribution in [-0.4, -0.2) is 18.5 Å². The summed E-state index contributed by atoms with van der Waals surface area (Å²) in [5.74, 6) is 1.62. The number of halogens is 1. The van der Waals surface area contributed by atoms with Crippen LogP contribution in [0.4, 0.5) is 0 Å². The Bertz CT molecular complexity index is 343. The number of methoxy groups -OCH3 is 1.